The summed E-state index contributed by atoms with van der Waals surface area (Å²) < 4.78 is 6.90. The van der Waals surface area contributed by atoms with Gasteiger partial charge in [-0.1, -0.05) is 12.2 Å². The van der Waals surface area contributed by atoms with E-state index in [-0.39, 0.29) is 48.3 Å². The summed E-state index contributed by atoms with van der Waals surface area (Å²) in [5.74, 6) is -0.956. The highest BCUT2D eigenvalue weighted by Gasteiger charge is 2.21. The van der Waals surface area contributed by atoms with E-state index in [9.17, 15) is 19.2 Å². The molecule has 0 saturated carbocycles. The van der Waals surface area contributed by atoms with Gasteiger partial charge in [0, 0.05) is 50.9 Å². The summed E-state index contributed by atoms with van der Waals surface area (Å²) in [7, 11) is 1.73. The van der Waals surface area contributed by atoms with E-state index < -0.39 is 5.91 Å². The van der Waals surface area contributed by atoms with Crippen molar-refractivity contribution in [3.63, 3.8) is 0 Å². The molecule has 4 heterocycles. The molecule has 0 aliphatic carbocycles. The number of amides is 4. The average Bonchev–Trinajstić information content (AvgIpc) is 3.93. The van der Waals surface area contributed by atoms with E-state index in [1.54, 1.807) is 63.8 Å². The zero-order valence-corrected chi connectivity index (χ0v) is 31.5. The van der Waals surface area contributed by atoms with E-state index in [0.29, 0.717) is 83.0 Å². The van der Waals surface area contributed by atoms with Crippen LogP contribution in [0, 0.1) is 13.8 Å². The Morgan fingerprint density at radius 3 is 1.67 bits per heavy atom. The zero-order chi connectivity index (χ0) is 39.4. The van der Waals surface area contributed by atoms with Crippen molar-refractivity contribution in [1.82, 2.24) is 43.6 Å². The number of carbonyl (C=O) groups excluding carboxylic acids is 4. The third-order valence-electron chi connectivity index (χ3n) is 9.13. The molecule has 4 aromatic heterocycles. The Morgan fingerprint density at radius 1 is 0.745 bits per heavy atom. The molecule has 2 aromatic carbocycles. The van der Waals surface area contributed by atoms with E-state index in [4.69, 9.17) is 16.5 Å². The van der Waals surface area contributed by atoms with Crippen LogP contribution in [0.2, 0.25) is 0 Å². The number of imidazole rings is 2. The third kappa shape index (κ3) is 8.01. The minimum Gasteiger partial charge on any atom is -0.366 e. The number of nitrogens with one attached hydrogen (secondary N) is 2. The van der Waals surface area contributed by atoms with Gasteiger partial charge in [0.2, 0.25) is 17.8 Å². The van der Waals surface area contributed by atoms with Crippen molar-refractivity contribution in [2.75, 3.05) is 30.8 Å². The first kappa shape index (κ1) is 38.1. The lowest BCUT2D eigenvalue weighted by Gasteiger charge is -2.16. The van der Waals surface area contributed by atoms with Gasteiger partial charge in [-0.3, -0.25) is 39.2 Å². The van der Waals surface area contributed by atoms with Crippen LogP contribution in [-0.4, -0.2) is 87.3 Å². The molecule has 286 valence electrons. The Bertz CT molecular complexity index is 2450. The summed E-state index contributed by atoms with van der Waals surface area (Å²) in [6.45, 7) is 10.0. The highest BCUT2D eigenvalue weighted by molar-refractivity contribution is 6.04. The number of fused-ring (bicyclic) bond motifs is 2. The number of aryl methyl sites for hydroxylation is 4. The van der Waals surface area contributed by atoms with Crippen LogP contribution >= 0.6 is 0 Å². The molecular formula is C38H45N13O4. The Kier molecular flexibility index (Phi) is 11.2. The normalized spacial score (nSPS) is 11.5. The van der Waals surface area contributed by atoms with Gasteiger partial charge in [0.15, 0.2) is 0 Å². The molecule has 0 saturated heterocycles. The van der Waals surface area contributed by atoms with E-state index in [1.807, 2.05) is 55.0 Å². The molecular weight excluding hydrogens is 703 g/mol. The van der Waals surface area contributed by atoms with Crippen LogP contribution in [0.4, 0.5) is 11.9 Å². The zero-order valence-electron chi connectivity index (χ0n) is 31.5. The molecule has 55 heavy (non-hydrogen) atoms. The van der Waals surface area contributed by atoms with Gasteiger partial charge in [-0.2, -0.15) is 10.2 Å². The number of anilines is 2. The number of nitrogens with two attached hydrogens (primary N) is 2. The van der Waals surface area contributed by atoms with Crippen molar-refractivity contribution in [3.05, 3.63) is 94.6 Å². The molecule has 17 heteroatoms. The van der Waals surface area contributed by atoms with Gasteiger partial charge in [0.1, 0.15) is 11.4 Å². The van der Waals surface area contributed by atoms with Gasteiger partial charge in [0.25, 0.3) is 17.7 Å². The second kappa shape index (κ2) is 16.2. The summed E-state index contributed by atoms with van der Waals surface area (Å²) in [5, 5.41) is 14.7. The first-order chi connectivity index (χ1) is 26.4. The molecule has 0 unspecified atom stereocenters. The van der Waals surface area contributed by atoms with Gasteiger partial charge in [0.05, 0.1) is 33.5 Å². The Balaban J connectivity index is 1.32. The third-order valence-corrected chi connectivity index (χ3v) is 9.13. The van der Waals surface area contributed by atoms with Crippen molar-refractivity contribution in [2.24, 2.45) is 11.5 Å². The van der Waals surface area contributed by atoms with E-state index in [1.165, 1.54) is 0 Å². The Hall–Kier alpha value is -6.62. The molecule has 4 amide bonds. The van der Waals surface area contributed by atoms with Crippen molar-refractivity contribution in [2.45, 2.75) is 60.3 Å². The molecule has 6 rings (SSSR count). The smallest absolute Gasteiger partial charge is 0.276 e. The number of hydrogen-bond acceptors (Lipinski definition) is 9. The molecule has 0 radical (unpaired) electrons. The summed E-state index contributed by atoms with van der Waals surface area (Å²) in [4.78, 5) is 63.2. The predicted molar refractivity (Wildman–Crippen MR) is 209 cm³/mol. The van der Waals surface area contributed by atoms with Crippen LogP contribution in [0.1, 0.15) is 73.3 Å². The Morgan fingerprint density at radius 2 is 1.22 bits per heavy atom. The van der Waals surface area contributed by atoms with Gasteiger partial charge in [-0.05, 0) is 89.2 Å². The summed E-state index contributed by atoms with van der Waals surface area (Å²) >= 11 is 0. The molecule has 6 aromatic rings. The summed E-state index contributed by atoms with van der Waals surface area (Å²) in [6.07, 6.45) is 4.48. The number of rotatable bonds is 15. The second-order valence-corrected chi connectivity index (χ2v) is 13.1. The lowest BCUT2D eigenvalue weighted by atomic mass is 10.1. The van der Waals surface area contributed by atoms with Gasteiger partial charge in [-0.15, -0.1) is 0 Å². The maximum absolute atomic E-state index is 13.6. The van der Waals surface area contributed by atoms with Crippen LogP contribution in [0.3, 0.4) is 0 Å². The Labute approximate surface area is 317 Å². The second-order valence-electron chi connectivity index (χ2n) is 13.1. The summed E-state index contributed by atoms with van der Waals surface area (Å²) in [6, 6.07) is 13.6. The largest absolute Gasteiger partial charge is 0.366 e. The average molecular weight is 748 g/mol. The van der Waals surface area contributed by atoms with Gasteiger partial charge in [-0.25, -0.2) is 9.97 Å². The quantitative estimate of drug-likeness (QED) is 0.112. The van der Waals surface area contributed by atoms with Crippen LogP contribution in [-0.2, 0) is 26.2 Å². The first-order valence-corrected chi connectivity index (χ1v) is 18.0. The molecule has 0 aliphatic rings. The van der Waals surface area contributed by atoms with Crippen LogP contribution in [0.15, 0.2) is 60.7 Å². The SMILES string of the molecule is CCn1nc(C)cc1C(=O)Nc1nc2cc(C(N)=O)ccc2n1C/C=C/Cn1c(NC(=O)c2cc(C)nn2CC)nc2cc(C(=O)N(C)CCCN)ccc21. The topological polar surface area (TPSA) is 219 Å². The van der Waals surface area contributed by atoms with E-state index >= 15 is 0 Å². The number of allylic oxidation sites excluding steroid dienone is 2. The van der Waals surface area contributed by atoms with Gasteiger partial charge >= 0.3 is 0 Å². The maximum atomic E-state index is 13.6. The molecule has 0 fully saturated rings. The van der Waals surface area contributed by atoms with Crippen LogP contribution < -0.4 is 22.1 Å². The van der Waals surface area contributed by atoms with E-state index in [0.717, 1.165) is 0 Å². The number of hydrogen-bond donors (Lipinski definition) is 4. The van der Waals surface area contributed by atoms with Crippen molar-refractivity contribution >= 4 is 57.6 Å². The van der Waals surface area contributed by atoms with Crippen LogP contribution in [0.5, 0.6) is 0 Å². The lowest BCUT2D eigenvalue weighted by molar-refractivity contribution is 0.0793. The summed E-state index contributed by atoms with van der Waals surface area (Å²) in [5.41, 5.74) is 16.5. The fraction of sp³-hybridized carbons (Fsp3) is 0.316. The number of carbonyl (C=O) groups is 4. The minimum atomic E-state index is -0.593. The van der Waals surface area contributed by atoms with Crippen molar-refractivity contribution < 1.29 is 19.2 Å². The van der Waals surface area contributed by atoms with Crippen LogP contribution in [0.25, 0.3) is 22.1 Å². The molecule has 6 N–H and O–H groups in total. The molecule has 0 spiro atoms. The number of aromatic nitrogens is 8. The number of benzene rings is 2. The maximum Gasteiger partial charge on any atom is 0.276 e. The predicted octanol–water partition coefficient (Wildman–Crippen LogP) is 3.72. The van der Waals surface area contributed by atoms with Crippen molar-refractivity contribution in [3.8, 4) is 0 Å². The molecule has 0 aliphatic heterocycles. The molecule has 0 bridgehead atoms. The monoisotopic (exact) mass is 747 g/mol. The van der Waals surface area contributed by atoms with Crippen molar-refractivity contribution in [1.29, 1.82) is 0 Å². The molecule has 17 nitrogen and oxygen atoms in total. The first-order valence-electron chi connectivity index (χ1n) is 18.0. The van der Waals surface area contributed by atoms with E-state index in [2.05, 4.69) is 25.8 Å². The minimum absolute atomic E-state index is 0.162. The number of nitrogens with zero attached hydrogens (tertiary/aromatic N) is 9. The fourth-order valence-electron chi connectivity index (χ4n) is 6.39. The highest BCUT2D eigenvalue weighted by Crippen LogP contribution is 2.25. The van der Waals surface area contributed by atoms with Gasteiger partial charge < -0.3 is 25.5 Å². The lowest BCUT2D eigenvalue weighted by Crippen LogP contribution is -2.28. The molecule has 0 atom stereocenters. The fourth-order valence-corrected chi connectivity index (χ4v) is 6.39. The highest BCUT2D eigenvalue weighted by atomic mass is 16.2. The standard InChI is InChI=1S/C38H45N13O4/c1-6-50-31(19-23(3)45-50)34(53)43-37-41-27-21-25(33(40)52)11-13-29(27)48(37)17-8-9-18-49-30-14-12-26(36(55)47(5)16-10-15-39)22-28(30)42-38(49)44-35(54)32-20-24(4)46-51(32)7-2/h8-9,11-14,19-22H,6-7,10,15-18,39H2,1-5H3,(H2,40,52)(H,41,43,53)(H,42,44,54)/b9-8+. The number of primary amides is 1.